The van der Waals surface area contributed by atoms with Crippen molar-refractivity contribution in [1.82, 2.24) is 24.5 Å². The number of ether oxygens (including phenoxy) is 1. The lowest BCUT2D eigenvalue weighted by molar-refractivity contribution is -0.131. The molecule has 1 unspecified atom stereocenters. The van der Waals surface area contributed by atoms with Gasteiger partial charge in [-0.25, -0.2) is 0 Å². The van der Waals surface area contributed by atoms with Crippen LogP contribution >= 0.6 is 0 Å². The second kappa shape index (κ2) is 8.39. The summed E-state index contributed by atoms with van der Waals surface area (Å²) in [7, 11) is 3.77. The summed E-state index contributed by atoms with van der Waals surface area (Å²) < 4.78 is 6.88. The van der Waals surface area contributed by atoms with Crippen molar-refractivity contribution in [2.45, 2.75) is 38.3 Å². The predicted octanol–water partition coefficient (Wildman–Crippen LogP) is 0.688. The van der Waals surface area contributed by atoms with E-state index >= 15 is 0 Å². The van der Waals surface area contributed by atoms with E-state index in [1.54, 1.807) is 24.1 Å². The maximum absolute atomic E-state index is 13.1. The summed E-state index contributed by atoms with van der Waals surface area (Å²) in [4.78, 5) is 31.8. The Bertz CT molecular complexity index is 676. The molecule has 2 amide bonds. The molecule has 8 heteroatoms. The Morgan fingerprint density at radius 3 is 2.85 bits per heavy atom. The zero-order valence-electron chi connectivity index (χ0n) is 16.7. The minimum Gasteiger partial charge on any atom is -0.383 e. The maximum atomic E-state index is 13.1. The molecule has 2 fully saturated rings. The molecule has 0 saturated carbocycles. The highest BCUT2D eigenvalue weighted by Crippen LogP contribution is 2.32. The molecule has 1 spiro atoms. The fourth-order valence-electron chi connectivity index (χ4n) is 4.23. The van der Waals surface area contributed by atoms with Gasteiger partial charge in [-0.05, 0) is 32.9 Å². The summed E-state index contributed by atoms with van der Waals surface area (Å²) in [5, 5.41) is 4.23. The van der Waals surface area contributed by atoms with Gasteiger partial charge in [-0.3, -0.25) is 19.2 Å². The molecule has 1 aromatic heterocycles. The molecule has 3 heterocycles. The topological polar surface area (TPSA) is 70.9 Å². The van der Waals surface area contributed by atoms with Crippen LogP contribution in [0.25, 0.3) is 0 Å². The number of amides is 2. The van der Waals surface area contributed by atoms with E-state index in [4.69, 9.17) is 4.74 Å². The maximum Gasteiger partial charge on any atom is 0.272 e. The van der Waals surface area contributed by atoms with Crippen LogP contribution in [0.1, 0.15) is 36.7 Å². The minimum absolute atomic E-state index is 0.0358. The van der Waals surface area contributed by atoms with E-state index in [0.717, 1.165) is 19.4 Å². The van der Waals surface area contributed by atoms with Crippen LogP contribution in [-0.2, 0) is 16.1 Å². The van der Waals surface area contributed by atoms with E-state index in [0.29, 0.717) is 51.4 Å². The van der Waals surface area contributed by atoms with Crippen LogP contribution in [0.5, 0.6) is 0 Å². The van der Waals surface area contributed by atoms with E-state index in [9.17, 15) is 9.59 Å². The summed E-state index contributed by atoms with van der Waals surface area (Å²) >= 11 is 0. The van der Waals surface area contributed by atoms with Gasteiger partial charge in [0.1, 0.15) is 5.69 Å². The van der Waals surface area contributed by atoms with Gasteiger partial charge >= 0.3 is 0 Å². The van der Waals surface area contributed by atoms with E-state index in [-0.39, 0.29) is 17.4 Å². The number of nitrogens with zero attached hydrogens (tertiary/aromatic N) is 5. The largest absolute Gasteiger partial charge is 0.383 e. The van der Waals surface area contributed by atoms with Crippen molar-refractivity contribution in [2.75, 3.05) is 53.5 Å². The molecule has 2 saturated heterocycles. The summed E-state index contributed by atoms with van der Waals surface area (Å²) in [6, 6.07) is 1.79. The van der Waals surface area contributed by atoms with Gasteiger partial charge < -0.3 is 14.5 Å². The van der Waals surface area contributed by atoms with Crippen molar-refractivity contribution in [3.63, 3.8) is 0 Å². The van der Waals surface area contributed by atoms with Gasteiger partial charge in [0.2, 0.25) is 5.91 Å². The monoisotopic (exact) mass is 377 g/mol. The number of hydrogen-bond acceptors (Lipinski definition) is 5. The summed E-state index contributed by atoms with van der Waals surface area (Å²) in [5.74, 6) is 0.221. The van der Waals surface area contributed by atoms with Crippen LogP contribution in [-0.4, -0.2) is 95.3 Å². The van der Waals surface area contributed by atoms with Gasteiger partial charge in [-0.15, -0.1) is 0 Å². The van der Waals surface area contributed by atoms with Crippen molar-refractivity contribution < 1.29 is 14.3 Å². The molecule has 150 valence electrons. The van der Waals surface area contributed by atoms with Crippen LogP contribution < -0.4 is 0 Å². The number of methoxy groups -OCH3 is 1. The fraction of sp³-hybridized carbons (Fsp3) is 0.737. The molecular weight excluding hydrogens is 346 g/mol. The summed E-state index contributed by atoms with van der Waals surface area (Å²) in [6.07, 6.45) is 3.85. The zero-order chi connectivity index (χ0) is 19.4. The Morgan fingerprint density at radius 2 is 2.11 bits per heavy atom. The molecule has 1 atom stereocenters. The third-order valence-electron chi connectivity index (χ3n) is 6.09. The Balaban J connectivity index is 1.74. The highest BCUT2D eigenvalue weighted by Gasteiger charge is 2.43. The van der Waals surface area contributed by atoms with Crippen LogP contribution in [0.4, 0.5) is 0 Å². The van der Waals surface area contributed by atoms with Gasteiger partial charge in [0.05, 0.1) is 6.61 Å². The first-order chi connectivity index (χ1) is 13.0. The predicted molar refractivity (Wildman–Crippen MR) is 101 cm³/mol. The minimum atomic E-state index is -0.150. The number of hydrogen-bond donors (Lipinski definition) is 0. The number of aryl methyl sites for hydroxylation is 1. The number of rotatable bonds is 5. The highest BCUT2D eigenvalue weighted by molar-refractivity contribution is 5.92. The Hall–Kier alpha value is -1.93. The van der Waals surface area contributed by atoms with E-state index in [1.165, 1.54) is 0 Å². The van der Waals surface area contributed by atoms with Gasteiger partial charge in [-0.1, -0.05) is 0 Å². The van der Waals surface area contributed by atoms with Crippen molar-refractivity contribution >= 4 is 11.8 Å². The second-order valence-corrected chi connectivity index (χ2v) is 7.53. The van der Waals surface area contributed by atoms with Crippen LogP contribution in [0.2, 0.25) is 0 Å². The number of likely N-dealkylation sites (tertiary alicyclic amines) is 1. The first-order valence-corrected chi connectivity index (χ1v) is 9.80. The molecule has 0 radical (unpaired) electrons. The molecule has 0 bridgehead atoms. The molecule has 0 aliphatic carbocycles. The molecule has 2 aliphatic heterocycles. The normalized spacial score (nSPS) is 24.5. The fourth-order valence-corrected chi connectivity index (χ4v) is 4.23. The molecule has 0 aromatic carbocycles. The lowest BCUT2D eigenvalue weighted by Gasteiger charge is -2.49. The molecule has 1 aromatic rings. The summed E-state index contributed by atoms with van der Waals surface area (Å²) in [6.45, 7) is 6.74. The Labute approximate surface area is 161 Å². The van der Waals surface area contributed by atoms with E-state index in [1.807, 2.05) is 16.7 Å². The van der Waals surface area contributed by atoms with E-state index < -0.39 is 0 Å². The van der Waals surface area contributed by atoms with Crippen molar-refractivity contribution in [1.29, 1.82) is 0 Å². The van der Waals surface area contributed by atoms with Crippen molar-refractivity contribution in [3.8, 4) is 0 Å². The zero-order valence-corrected chi connectivity index (χ0v) is 16.7. The second-order valence-electron chi connectivity index (χ2n) is 7.53. The SMILES string of the molecule is CCn1nccc1C(=O)N1CCN(C)C2(CCC(=O)N(CCOC)CC2)C1. The molecule has 2 aliphatic rings. The first kappa shape index (κ1) is 19.8. The Kier molecular flexibility index (Phi) is 6.16. The van der Waals surface area contributed by atoms with Gasteiger partial charge in [-0.2, -0.15) is 5.10 Å². The number of carbonyl (C=O) groups is 2. The lowest BCUT2D eigenvalue weighted by Crippen LogP contribution is -2.62. The van der Waals surface area contributed by atoms with E-state index in [2.05, 4.69) is 17.0 Å². The third-order valence-corrected chi connectivity index (χ3v) is 6.09. The first-order valence-electron chi connectivity index (χ1n) is 9.80. The van der Waals surface area contributed by atoms with Crippen LogP contribution in [0, 0.1) is 0 Å². The number of piperazine rings is 1. The summed E-state index contributed by atoms with van der Waals surface area (Å²) in [5.41, 5.74) is 0.492. The smallest absolute Gasteiger partial charge is 0.272 e. The average Bonchev–Trinajstić information content (AvgIpc) is 3.10. The third kappa shape index (κ3) is 4.01. The Morgan fingerprint density at radius 1 is 1.30 bits per heavy atom. The van der Waals surface area contributed by atoms with Gasteiger partial charge in [0, 0.05) is 64.5 Å². The standard InChI is InChI=1S/C19H31N5O3/c1-4-24-16(6-9-20-24)18(26)23-12-11-21(2)19(15-23)7-5-17(25)22(10-8-19)13-14-27-3/h6,9H,4-5,7-8,10-15H2,1-3H3. The lowest BCUT2D eigenvalue weighted by atomic mass is 9.86. The van der Waals surface area contributed by atoms with Crippen molar-refractivity contribution in [2.24, 2.45) is 0 Å². The van der Waals surface area contributed by atoms with Crippen molar-refractivity contribution in [3.05, 3.63) is 18.0 Å². The number of aromatic nitrogens is 2. The van der Waals surface area contributed by atoms with Crippen LogP contribution in [0.3, 0.4) is 0 Å². The average molecular weight is 377 g/mol. The van der Waals surface area contributed by atoms with Gasteiger partial charge in [0.25, 0.3) is 5.91 Å². The molecular formula is C19H31N5O3. The molecule has 0 N–H and O–H groups in total. The molecule has 27 heavy (non-hydrogen) atoms. The number of likely N-dealkylation sites (N-methyl/N-ethyl adjacent to an activating group) is 1. The molecule has 3 rings (SSSR count). The van der Waals surface area contributed by atoms with Gasteiger partial charge in [0.15, 0.2) is 0 Å². The van der Waals surface area contributed by atoms with Crippen LogP contribution in [0.15, 0.2) is 12.3 Å². The quantitative estimate of drug-likeness (QED) is 0.755. The number of carbonyl (C=O) groups excluding carboxylic acids is 2. The highest BCUT2D eigenvalue weighted by atomic mass is 16.5. The molecule has 8 nitrogen and oxygen atoms in total.